The van der Waals surface area contributed by atoms with Crippen LogP contribution in [0.1, 0.15) is 13.8 Å². The second-order valence-electron chi connectivity index (χ2n) is 2.13. The van der Waals surface area contributed by atoms with Gasteiger partial charge in [0.15, 0.2) is 0 Å². The topological polar surface area (TPSA) is 29.1 Å². The van der Waals surface area contributed by atoms with E-state index < -0.39 is 0 Å². The molecule has 0 amide bonds. The van der Waals surface area contributed by atoms with E-state index in [0.29, 0.717) is 5.92 Å². The molecule has 3 heteroatoms. The fourth-order valence-electron chi connectivity index (χ4n) is 0.528. The SMILES string of the molecule is CNC([C-]=O)C(C)C.[U+2]. The van der Waals surface area contributed by atoms with Gasteiger partial charge in [-0.25, -0.2) is 6.29 Å². The summed E-state index contributed by atoms with van der Waals surface area (Å²) < 4.78 is 0. The third-order valence-electron chi connectivity index (χ3n) is 1.10. The number of carbonyl (C=O) groups excluding carboxylic acids is 1. The van der Waals surface area contributed by atoms with Crippen LogP contribution in [0.15, 0.2) is 0 Å². The molecule has 0 saturated heterocycles. The second-order valence-corrected chi connectivity index (χ2v) is 2.13. The van der Waals surface area contributed by atoms with Crippen molar-refractivity contribution < 1.29 is 35.9 Å². The largest absolute Gasteiger partial charge is 2.00 e. The fraction of sp³-hybridized carbons (Fsp3) is 0.833. The van der Waals surface area contributed by atoms with Gasteiger partial charge in [-0.1, -0.05) is 25.8 Å². The van der Waals surface area contributed by atoms with Crippen molar-refractivity contribution >= 4 is 6.29 Å². The van der Waals surface area contributed by atoms with Gasteiger partial charge in [0.2, 0.25) is 0 Å². The van der Waals surface area contributed by atoms with Crippen molar-refractivity contribution in [2.75, 3.05) is 7.05 Å². The molecule has 0 bridgehead atoms. The van der Waals surface area contributed by atoms with Crippen molar-refractivity contribution in [2.45, 2.75) is 19.9 Å². The molecule has 0 aromatic carbocycles. The maximum absolute atomic E-state index is 9.99. The minimum atomic E-state index is -0.102. The van der Waals surface area contributed by atoms with E-state index in [4.69, 9.17) is 0 Å². The van der Waals surface area contributed by atoms with Crippen LogP contribution in [0.5, 0.6) is 0 Å². The molecule has 0 aromatic heterocycles. The first-order valence-corrected chi connectivity index (χ1v) is 2.77. The molecule has 0 spiro atoms. The Hall–Kier alpha value is 0.682. The van der Waals surface area contributed by atoms with Gasteiger partial charge in [0.05, 0.1) is 0 Å². The van der Waals surface area contributed by atoms with Gasteiger partial charge in [-0.15, -0.1) is 0 Å². The van der Waals surface area contributed by atoms with Crippen LogP contribution in [-0.2, 0) is 4.79 Å². The molecule has 0 heterocycles. The van der Waals surface area contributed by atoms with E-state index in [1.165, 1.54) is 0 Å². The number of likely N-dealkylation sites (N-methyl/N-ethyl adjacent to an activating group) is 1. The van der Waals surface area contributed by atoms with Crippen LogP contribution < -0.4 is 5.32 Å². The Morgan fingerprint density at radius 1 is 1.44 bits per heavy atom. The molecular weight excluding hydrogens is 340 g/mol. The molecule has 0 rings (SSSR count). The summed E-state index contributed by atoms with van der Waals surface area (Å²) in [4.78, 5) is 9.99. The molecule has 9 heavy (non-hydrogen) atoms. The Kier molecular flexibility index (Phi) is 9.34. The third kappa shape index (κ3) is 5.14. The zero-order chi connectivity index (χ0) is 6.57. The molecular formula is C6H12NOU+. The van der Waals surface area contributed by atoms with E-state index in [-0.39, 0.29) is 37.2 Å². The summed E-state index contributed by atoms with van der Waals surface area (Å²) in [6.45, 7) is 3.96. The van der Waals surface area contributed by atoms with E-state index in [9.17, 15) is 4.79 Å². The molecule has 1 atom stereocenters. The average molecular weight is 352 g/mol. The number of hydrogen-bond acceptors (Lipinski definition) is 2. The monoisotopic (exact) mass is 352 g/mol. The predicted molar refractivity (Wildman–Crippen MR) is 33.4 cm³/mol. The Bertz CT molecular complexity index is 75.5. The third-order valence-corrected chi connectivity index (χ3v) is 1.10. The average Bonchev–Trinajstić information content (AvgIpc) is 1.69. The molecule has 1 N–H and O–H groups in total. The summed E-state index contributed by atoms with van der Waals surface area (Å²) in [6, 6.07) is -0.102. The van der Waals surface area contributed by atoms with Crippen LogP contribution >= 0.6 is 0 Å². The first-order chi connectivity index (χ1) is 3.72. The molecule has 0 aliphatic rings. The van der Waals surface area contributed by atoms with Gasteiger partial charge in [-0.3, -0.25) is 0 Å². The first-order valence-electron chi connectivity index (χ1n) is 2.77. The molecule has 1 unspecified atom stereocenters. The van der Waals surface area contributed by atoms with E-state index in [1.807, 2.05) is 20.1 Å². The van der Waals surface area contributed by atoms with Gasteiger partial charge < -0.3 is 10.1 Å². The number of hydrogen-bond donors (Lipinski definition) is 1. The number of nitrogens with one attached hydrogen (secondary N) is 1. The molecule has 0 aliphatic heterocycles. The molecule has 0 radical (unpaired) electrons. The standard InChI is InChI=1S/C6H12NO.U/c1-5(2)6(4-8)7-3;/h5-7H,1-3H3;/q-1;+2. The number of rotatable bonds is 3. The minimum Gasteiger partial charge on any atom is -0.540 e. The van der Waals surface area contributed by atoms with Crippen LogP contribution in [0.25, 0.3) is 0 Å². The van der Waals surface area contributed by atoms with Crippen LogP contribution in [0.2, 0.25) is 0 Å². The summed E-state index contributed by atoms with van der Waals surface area (Å²) in [5, 5.41) is 2.83. The summed E-state index contributed by atoms with van der Waals surface area (Å²) in [5.41, 5.74) is 0. The summed E-state index contributed by atoms with van der Waals surface area (Å²) in [7, 11) is 1.76. The van der Waals surface area contributed by atoms with E-state index in [2.05, 4.69) is 5.32 Å². The van der Waals surface area contributed by atoms with Gasteiger partial charge in [0, 0.05) is 0 Å². The Labute approximate surface area is 80.2 Å². The first kappa shape index (κ1) is 12.4. The maximum atomic E-state index is 9.99. The van der Waals surface area contributed by atoms with Crippen LogP contribution in [0, 0.1) is 37.0 Å². The van der Waals surface area contributed by atoms with Gasteiger partial charge in [0.1, 0.15) is 0 Å². The summed E-state index contributed by atoms with van der Waals surface area (Å²) >= 11 is 0. The molecule has 0 fully saturated rings. The van der Waals surface area contributed by atoms with Gasteiger partial charge in [0.25, 0.3) is 0 Å². The van der Waals surface area contributed by atoms with Crippen molar-refractivity contribution in [2.24, 2.45) is 5.92 Å². The quantitative estimate of drug-likeness (QED) is 0.743. The fourth-order valence-corrected chi connectivity index (χ4v) is 0.528. The summed E-state index contributed by atoms with van der Waals surface area (Å²) in [6.07, 6.45) is 1.89. The molecule has 50 valence electrons. The van der Waals surface area contributed by atoms with Gasteiger partial charge in [-0.2, -0.15) is 0 Å². The molecule has 0 aromatic rings. The van der Waals surface area contributed by atoms with E-state index >= 15 is 0 Å². The van der Waals surface area contributed by atoms with Crippen LogP contribution in [-0.4, -0.2) is 19.4 Å². The van der Waals surface area contributed by atoms with Crippen LogP contribution in [0.3, 0.4) is 0 Å². The Morgan fingerprint density at radius 2 is 1.89 bits per heavy atom. The van der Waals surface area contributed by atoms with Crippen molar-refractivity contribution in [1.82, 2.24) is 5.32 Å². The smallest absolute Gasteiger partial charge is 0.540 e. The van der Waals surface area contributed by atoms with Crippen molar-refractivity contribution in [3.05, 3.63) is 0 Å². The Morgan fingerprint density at radius 3 is 1.89 bits per heavy atom. The normalized spacial score (nSPS) is 12.4. The van der Waals surface area contributed by atoms with Crippen LogP contribution in [0.4, 0.5) is 0 Å². The predicted octanol–water partition coefficient (Wildman–Crippen LogP) is 0.340. The molecule has 0 saturated carbocycles. The summed E-state index contributed by atoms with van der Waals surface area (Å²) in [5.74, 6) is 0.345. The minimum absolute atomic E-state index is 0. The second kappa shape index (κ2) is 6.80. The molecule has 0 aliphatic carbocycles. The Balaban J connectivity index is 0. The van der Waals surface area contributed by atoms with Gasteiger partial charge >= 0.3 is 31.1 Å². The van der Waals surface area contributed by atoms with Crippen molar-refractivity contribution in [1.29, 1.82) is 0 Å². The van der Waals surface area contributed by atoms with Gasteiger partial charge in [-0.05, 0) is 7.05 Å². The maximum Gasteiger partial charge on any atom is 2.00 e. The zero-order valence-electron chi connectivity index (χ0n) is 6.06. The van der Waals surface area contributed by atoms with Crippen molar-refractivity contribution in [3.8, 4) is 0 Å². The zero-order valence-corrected chi connectivity index (χ0v) is 10.2. The van der Waals surface area contributed by atoms with Crippen molar-refractivity contribution in [3.63, 3.8) is 0 Å². The molecule has 2 nitrogen and oxygen atoms in total. The van der Waals surface area contributed by atoms with E-state index in [1.54, 1.807) is 7.05 Å². The van der Waals surface area contributed by atoms with E-state index in [0.717, 1.165) is 0 Å².